The normalized spacial score (nSPS) is 10.5. The molecular weight excluding hydrogens is 326 g/mol. The predicted octanol–water partition coefficient (Wildman–Crippen LogP) is 1.17. The number of hydrogen-bond acceptors (Lipinski definition) is 8. The number of carbonyl (C=O) groups is 2. The van der Waals surface area contributed by atoms with E-state index in [1.54, 1.807) is 13.8 Å². The number of nitrogens with one attached hydrogen (secondary N) is 2. The number of thioether (sulfide) groups is 1. The SMILES string of the molecule is CC(=O)c1sc(NC(=O)CSc2nnc(C)c(=O)[nH]2)nc1C. The van der Waals surface area contributed by atoms with Crippen LogP contribution in [-0.4, -0.2) is 37.6 Å². The summed E-state index contributed by atoms with van der Waals surface area (Å²) >= 11 is 2.19. The molecule has 2 heterocycles. The lowest BCUT2D eigenvalue weighted by molar-refractivity contribution is -0.113. The average molecular weight is 339 g/mol. The van der Waals surface area contributed by atoms with Crippen molar-refractivity contribution < 1.29 is 9.59 Å². The minimum Gasteiger partial charge on any atom is -0.301 e. The van der Waals surface area contributed by atoms with Crippen LogP contribution in [0.1, 0.15) is 28.0 Å². The summed E-state index contributed by atoms with van der Waals surface area (Å²) in [5.74, 6) is -0.351. The van der Waals surface area contributed by atoms with Gasteiger partial charge in [-0.3, -0.25) is 19.4 Å². The van der Waals surface area contributed by atoms with Crippen molar-refractivity contribution in [3.05, 3.63) is 26.6 Å². The highest BCUT2D eigenvalue weighted by Crippen LogP contribution is 2.23. The molecule has 0 aliphatic heterocycles. The highest BCUT2D eigenvalue weighted by Gasteiger charge is 2.14. The molecule has 2 aromatic rings. The van der Waals surface area contributed by atoms with E-state index in [1.165, 1.54) is 6.92 Å². The van der Waals surface area contributed by atoms with Crippen molar-refractivity contribution >= 4 is 39.9 Å². The van der Waals surface area contributed by atoms with Gasteiger partial charge in [0.15, 0.2) is 16.1 Å². The van der Waals surface area contributed by atoms with Crippen molar-refractivity contribution in [1.29, 1.82) is 0 Å². The maximum Gasteiger partial charge on any atom is 0.273 e. The van der Waals surface area contributed by atoms with Gasteiger partial charge in [-0.1, -0.05) is 23.1 Å². The number of nitrogens with zero attached hydrogens (tertiary/aromatic N) is 3. The van der Waals surface area contributed by atoms with Crippen molar-refractivity contribution in [1.82, 2.24) is 20.2 Å². The summed E-state index contributed by atoms with van der Waals surface area (Å²) in [5, 5.41) is 10.7. The fourth-order valence-electron chi connectivity index (χ4n) is 1.51. The van der Waals surface area contributed by atoms with Gasteiger partial charge in [0.25, 0.3) is 5.56 Å². The van der Waals surface area contributed by atoms with Gasteiger partial charge in [-0.05, 0) is 13.8 Å². The Morgan fingerprint density at radius 1 is 1.27 bits per heavy atom. The molecule has 0 fully saturated rings. The molecule has 0 saturated heterocycles. The van der Waals surface area contributed by atoms with Gasteiger partial charge in [0, 0.05) is 6.92 Å². The minimum atomic E-state index is -0.334. The van der Waals surface area contributed by atoms with Gasteiger partial charge >= 0.3 is 0 Å². The monoisotopic (exact) mass is 339 g/mol. The van der Waals surface area contributed by atoms with Crippen molar-refractivity contribution in [2.75, 3.05) is 11.1 Å². The van der Waals surface area contributed by atoms with Crippen LogP contribution in [0.4, 0.5) is 5.13 Å². The van der Waals surface area contributed by atoms with Crippen LogP contribution in [0.3, 0.4) is 0 Å². The molecule has 0 unspecified atom stereocenters. The number of aromatic amines is 1. The number of anilines is 1. The summed E-state index contributed by atoms with van der Waals surface area (Å²) in [6.07, 6.45) is 0. The smallest absolute Gasteiger partial charge is 0.273 e. The molecule has 0 spiro atoms. The molecular formula is C12H13N5O3S2. The first-order chi connectivity index (χ1) is 10.4. The van der Waals surface area contributed by atoms with Crippen LogP contribution < -0.4 is 10.9 Å². The summed E-state index contributed by atoms with van der Waals surface area (Å²) in [4.78, 5) is 41.7. The highest BCUT2D eigenvalue weighted by atomic mass is 32.2. The maximum absolute atomic E-state index is 11.8. The van der Waals surface area contributed by atoms with Gasteiger partial charge in [-0.15, -0.1) is 10.2 Å². The quantitative estimate of drug-likeness (QED) is 0.620. The first kappa shape index (κ1) is 16.3. The Balaban J connectivity index is 1.95. The summed E-state index contributed by atoms with van der Waals surface area (Å²) in [6, 6.07) is 0. The van der Waals surface area contributed by atoms with Crippen LogP contribution in [0.5, 0.6) is 0 Å². The summed E-state index contributed by atoms with van der Waals surface area (Å²) < 4.78 is 0. The molecule has 2 aromatic heterocycles. The van der Waals surface area contributed by atoms with E-state index in [1.807, 2.05) is 0 Å². The number of Topliss-reactive ketones (excluding diaryl/α,β-unsaturated/α-hetero) is 1. The van der Waals surface area contributed by atoms with Crippen LogP contribution in [0.2, 0.25) is 0 Å². The van der Waals surface area contributed by atoms with Crippen LogP contribution in [-0.2, 0) is 4.79 Å². The largest absolute Gasteiger partial charge is 0.301 e. The van der Waals surface area contributed by atoms with Gasteiger partial charge in [0.2, 0.25) is 5.91 Å². The van der Waals surface area contributed by atoms with E-state index in [-0.39, 0.29) is 33.9 Å². The first-order valence-corrected chi connectivity index (χ1v) is 8.01. The Kier molecular flexibility index (Phi) is 5.03. The number of aromatic nitrogens is 4. The highest BCUT2D eigenvalue weighted by molar-refractivity contribution is 7.99. The standard InChI is InChI=1S/C12H13N5O3S2/c1-5-9(7(3)18)22-11(13-5)14-8(19)4-21-12-15-10(20)6(2)16-17-12/h4H2,1-3H3,(H,13,14,19)(H,15,17,20). The van der Waals surface area contributed by atoms with Gasteiger partial charge in [0.05, 0.1) is 16.3 Å². The summed E-state index contributed by atoms with van der Waals surface area (Å²) in [5.41, 5.74) is 0.526. The summed E-state index contributed by atoms with van der Waals surface area (Å²) in [7, 11) is 0. The van der Waals surface area contributed by atoms with E-state index in [9.17, 15) is 14.4 Å². The number of aryl methyl sites for hydroxylation is 2. The molecule has 2 rings (SSSR count). The lowest BCUT2D eigenvalue weighted by atomic mass is 10.3. The Labute approximate surface area is 133 Å². The van der Waals surface area contributed by atoms with E-state index in [4.69, 9.17) is 0 Å². The molecule has 2 N–H and O–H groups in total. The first-order valence-electron chi connectivity index (χ1n) is 6.21. The molecule has 0 bridgehead atoms. The predicted molar refractivity (Wildman–Crippen MR) is 83.6 cm³/mol. The van der Waals surface area contributed by atoms with Crippen LogP contribution >= 0.6 is 23.1 Å². The number of thiazole rings is 1. The fourth-order valence-corrected chi connectivity index (χ4v) is 2.99. The second kappa shape index (κ2) is 6.79. The number of carbonyl (C=O) groups excluding carboxylic acids is 2. The lowest BCUT2D eigenvalue weighted by Gasteiger charge is -2.01. The summed E-state index contributed by atoms with van der Waals surface area (Å²) in [6.45, 7) is 4.71. The topological polar surface area (TPSA) is 118 Å². The third-order valence-electron chi connectivity index (χ3n) is 2.54. The second-order valence-electron chi connectivity index (χ2n) is 4.37. The molecule has 0 aliphatic carbocycles. The van der Waals surface area contributed by atoms with Crippen molar-refractivity contribution in [3.8, 4) is 0 Å². The van der Waals surface area contributed by atoms with Crippen molar-refractivity contribution in [2.45, 2.75) is 25.9 Å². The molecule has 1 amide bonds. The number of H-pyrrole nitrogens is 1. The Bertz CT molecular complexity index is 783. The van der Waals surface area contributed by atoms with Crippen LogP contribution in [0.25, 0.3) is 0 Å². The van der Waals surface area contributed by atoms with Gasteiger partial charge < -0.3 is 5.32 Å². The maximum atomic E-state index is 11.8. The minimum absolute atomic E-state index is 0.0434. The van der Waals surface area contributed by atoms with E-state index < -0.39 is 0 Å². The fraction of sp³-hybridized carbons (Fsp3) is 0.333. The third-order valence-corrected chi connectivity index (χ3v) is 4.58. The Morgan fingerprint density at radius 3 is 2.59 bits per heavy atom. The zero-order chi connectivity index (χ0) is 16.3. The molecule has 22 heavy (non-hydrogen) atoms. The van der Waals surface area contributed by atoms with Gasteiger partial charge in [-0.2, -0.15) is 0 Å². The van der Waals surface area contributed by atoms with E-state index in [0.29, 0.717) is 15.7 Å². The number of rotatable bonds is 5. The van der Waals surface area contributed by atoms with E-state index in [0.717, 1.165) is 23.1 Å². The number of amides is 1. The van der Waals surface area contributed by atoms with E-state index >= 15 is 0 Å². The van der Waals surface area contributed by atoms with Crippen molar-refractivity contribution in [3.63, 3.8) is 0 Å². The van der Waals surface area contributed by atoms with E-state index in [2.05, 4.69) is 25.5 Å². The van der Waals surface area contributed by atoms with Gasteiger partial charge in [-0.25, -0.2) is 4.98 Å². The Morgan fingerprint density at radius 2 is 2.00 bits per heavy atom. The van der Waals surface area contributed by atoms with Crippen molar-refractivity contribution in [2.24, 2.45) is 0 Å². The number of hydrogen-bond donors (Lipinski definition) is 2. The molecule has 0 atom stereocenters. The molecule has 10 heteroatoms. The molecule has 0 aromatic carbocycles. The molecule has 8 nitrogen and oxygen atoms in total. The third kappa shape index (κ3) is 3.98. The molecule has 116 valence electrons. The zero-order valence-corrected chi connectivity index (χ0v) is 13.7. The number of ketones is 1. The molecule has 0 saturated carbocycles. The zero-order valence-electron chi connectivity index (χ0n) is 12.1. The second-order valence-corrected chi connectivity index (χ2v) is 6.33. The lowest BCUT2D eigenvalue weighted by Crippen LogP contribution is -2.17. The molecule has 0 radical (unpaired) electrons. The Hall–Kier alpha value is -2.07. The van der Waals surface area contributed by atoms with Crippen LogP contribution in [0, 0.1) is 13.8 Å². The van der Waals surface area contributed by atoms with Gasteiger partial charge in [0.1, 0.15) is 5.69 Å². The average Bonchev–Trinajstić information content (AvgIpc) is 2.81. The van der Waals surface area contributed by atoms with Crippen LogP contribution in [0.15, 0.2) is 9.95 Å². The molecule has 0 aliphatic rings.